The Labute approximate surface area is 161 Å². The maximum Gasteiger partial charge on any atom is 0.224 e. The van der Waals surface area contributed by atoms with Gasteiger partial charge in [-0.25, -0.2) is 0 Å². The topological polar surface area (TPSA) is 58.2 Å². The summed E-state index contributed by atoms with van der Waals surface area (Å²) >= 11 is 0. The van der Waals surface area contributed by atoms with Crippen molar-refractivity contribution in [3.8, 4) is 0 Å². The second kappa shape index (κ2) is 9.47. The van der Waals surface area contributed by atoms with Crippen LogP contribution in [0.5, 0.6) is 0 Å². The first-order chi connectivity index (χ1) is 13.2. The van der Waals surface area contributed by atoms with Crippen molar-refractivity contribution in [2.45, 2.75) is 52.0 Å². The Balaban J connectivity index is 1.55. The molecule has 27 heavy (non-hydrogen) atoms. The number of Topliss-reactive ketones (excluding diaryl/α,β-unsaturated/α-hetero) is 1. The SMILES string of the molecule is CCNCc1ccccc1NC(=O)CCC(=O)c1ccc2c(c1)CCCC2. The summed E-state index contributed by atoms with van der Waals surface area (Å²) < 4.78 is 0. The maximum atomic E-state index is 12.5. The normalized spacial score (nSPS) is 13.1. The number of rotatable bonds is 8. The third kappa shape index (κ3) is 5.27. The van der Waals surface area contributed by atoms with Gasteiger partial charge in [-0.2, -0.15) is 0 Å². The average molecular weight is 364 g/mol. The maximum absolute atomic E-state index is 12.5. The Morgan fingerprint density at radius 1 is 0.963 bits per heavy atom. The molecule has 0 spiro atoms. The molecule has 0 aliphatic heterocycles. The molecule has 0 bridgehead atoms. The van der Waals surface area contributed by atoms with Crippen molar-refractivity contribution < 1.29 is 9.59 Å². The van der Waals surface area contributed by atoms with Gasteiger partial charge in [-0.15, -0.1) is 0 Å². The van der Waals surface area contributed by atoms with E-state index in [1.54, 1.807) is 0 Å². The summed E-state index contributed by atoms with van der Waals surface area (Å²) in [5.41, 5.74) is 5.26. The van der Waals surface area contributed by atoms with Crippen LogP contribution in [0.4, 0.5) is 5.69 Å². The number of aryl methyl sites for hydroxylation is 2. The summed E-state index contributed by atoms with van der Waals surface area (Å²) in [4.78, 5) is 24.8. The molecule has 0 saturated heterocycles. The molecule has 0 fully saturated rings. The minimum Gasteiger partial charge on any atom is -0.326 e. The molecule has 4 nitrogen and oxygen atoms in total. The van der Waals surface area contributed by atoms with Gasteiger partial charge in [0.15, 0.2) is 5.78 Å². The second-order valence-electron chi connectivity index (χ2n) is 7.10. The van der Waals surface area contributed by atoms with Gasteiger partial charge in [-0.1, -0.05) is 37.3 Å². The summed E-state index contributed by atoms with van der Waals surface area (Å²) in [6, 6.07) is 13.8. The van der Waals surface area contributed by atoms with Crippen LogP contribution in [0.1, 0.15) is 59.7 Å². The second-order valence-corrected chi connectivity index (χ2v) is 7.10. The van der Waals surface area contributed by atoms with Gasteiger partial charge >= 0.3 is 0 Å². The number of carbonyl (C=O) groups excluding carboxylic acids is 2. The lowest BCUT2D eigenvalue weighted by atomic mass is 9.89. The van der Waals surface area contributed by atoms with Crippen LogP contribution in [0.3, 0.4) is 0 Å². The molecule has 1 amide bonds. The van der Waals surface area contributed by atoms with Crippen LogP contribution in [0.25, 0.3) is 0 Å². The third-order valence-electron chi connectivity index (χ3n) is 5.11. The molecule has 0 heterocycles. The molecule has 0 saturated carbocycles. The fourth-order valence-electron chi connectivity index (χ4n) is 3.55. The van der Waals surface area contributed by atoms with Gasteiger partial charge in [-0.3, -0.25) is 9.59 Å². The Morgan fingerprint density at radius 2 is 1.74 bits per heavy atom. The van der Waals surface area contributed by atoms with E-state index < -0.39 is 0 Å². The molecule has 2 N–H and O–H groups in total. The van der Waals surface area contributed by atoms with Gasteiger partial charge in [0.05, 0.1) is 0 Å². The van der Waals surface area contributed by atoms with Crippen molar-refractivity contribution in [1.29, 1.82) is 0 Å². The monoisotopic (exact) mass is 364 g/mol. The van der Waals surface area contributed by atoms with Crippen molar-refractivity contribution in [2.75, 3.05) is 11.9 Å². The van der Waals surface area contributed by atoms with Gasteiger partial charge in [0.1, 0.15) is 0 Å². The zero-order valence-corrected chi connectivity index (χ0v) is 16.0. The first-order valence-corrected chi connectivity index (χ1v) is 9.91. The number of amides is 1. The Hall–Kier alpha value is -2.46. The minimum absolute atomic E-state index is 0.0412. The number of para-hydroxylation sites is 1. The van der Waals surface area contributed by atoms with Crippen LogP contribution in [0.15, 0.2) is 42.5 Å². The number of anilines is 1. The van der Waals surface area contributed by atoms with E-state index >= 15 is 0 Å². The molecule has 1 aliphatic rings. The molecule has 0 unspecified atom stereocenters. The third-order valence-corrected chi connectivity index (χ3v) is 5.11. The summed E-state index contributed by atoms with van der Waals surface area (Å²) in [7, 11) is 0. The summed E-state index contributed by atoms with van der Waals surface area (Å²) in [5, 5.41) is 6.21. The molecule has 4 heteroatoms. The van der Waals surface area contributed by atoms with Gasteiger partial charge < -0.3 is 10.6 Å². The summed E-state index contributed by atoms with van der Waals surface area (Å²) in [5.74, 6) is -0.0790. The largest absolute Gasteiger partial charge is 0.326 e. The lowest BCUT2D eigenvalue weighted by Gasteiger charge is -2.16. The highest BCUT2D eigenvalue weighted by molar-refractivity contribution is 6.00. The first-order valence-electron chi connectivity index (χ1n) is 9.91. The van der Waals surface area contributed by atoms with Crippen LogP contribution < -0.4 is 10.6 Å². The highest BCUT2D eigenvalue weighted by Crippen LogP contribution is 2.23. The van der Waals surface area contributed by atoms with Crippen LogP contribution in [-0.2, 0) is 24.2 Å². The van der Waals surface area contributed by atoms with Crippen molar-refractivity contribution >= 4 is 17.4 Å². The molecule has 2 aromatic rings. The minimum atomic E-state index is -0.120. The molecule has 0 aromatic heterocycles. The van der Waals surface area contributed by atoms with Crippen LogP contribution >= 0.6 is 0 Å². The van der Waals surface area contributed by atoms with E-state index in [1.165, 1.54) is 24.0 Å². The van der Waals surface area contributed by atoms with Crippen LogP contribution in [0, 0.1) is 0 Å². The smallest absolute Gasteiger partial charge is 0.224 e. The number of carbonyl (C=O) groups is 2. The molecule has 0 radical (unpaired) electrons. The molecule has 1 aliphatic carbocycles. The highest BCUT2D eigenvalue weighted by Gasteiger charge is 2.14. The predicted molar refractivity (Wildman–Crippen MR) is 109 cm³/mol. The van der Waals surface area contributed by atoms with Crippen molar-refractivity contribution in [2.24, 2.45) is 0 Å². The van der Waals surface area contributed by atoms with E-state index in [4.69, 9.17) is 0 Å². The number of hydrogen-bond donors (Lipinski definition) is 2. The number of hydrogen-bond acceptors (Lipinski definition) is 3. The van der Waals surface area contributed by atoms with Crippen LogP contribution in [0.2, 0.25) is 0 Å². The van der Waals surface area contributed by atoms with Crippen molar-refractivity contribution in [3.63, 3.8) is 0 Å². The number of fused-ring (bicyclic) bond motifs is 1. The fraction of sp³-hybridized carbons (Fsp3) is 0.391. The van der Waals surface area contributed by atoms with E-state index in [2.05, 4.69) is 16.7 Å². The van der Waals surface area contributed by atoms with E-state index in [0.29, 0.717) is 6.54 Å². The van der Waals surface area contributed by atoms with Gasteiger partial charge in [0.25, 0.3) is 0 Å². The van der Waals surface area contributed by atoms with Gasteiger partial charge in [-0.05, 0) is 61.1 Å². The zero-order valence-electron chi connectivity index (χ0n) is 16.0. The Morgan fingerprint density at radius 3 is 2.56 bits per heavy atom. The summed E-state index contributed by atoms with van der Waals surface area (Å²) in [6.07, 6.45) is 5.03. The highest BCUT2D eigenvalue weighted by atomic mass is 16.2. The quantitative estimate of drug-likeness (QED) is 0.688. The Kier molecular flexibility index (Phi) is 6.77. The van der Waals surface area contributed by atoms with E-state index in [9.17, 15) is 9.59 Å². The lowest BCUT2D eigenvalue weighted by molar-refractivity contribution is -0.116. The molecular weight excluding hydrogens is 336 g/mol. The standard InChI is InChI=1S/C23H28N2O2/c1-2-24-16-20-9-5-6-10-21(20)25-23(27)14-13-22(26)19-12-11-17-7-3-4-8-18(17)15-19/h5-6,9-12,15,24H,2-4,7-8,13-14,16H2,1H3,(H,25,27). The molecular formula is C23H28N2O2. The predicted octanol–water partition coefficient (Wildman–Crippen LogP) is 4.28. The zero-order chi connectivity index (χ0) is 19.1. The van der Waals surface area contributed by atoms with E-state index in [1.807, 2.05) is 43.3 Å². The van der Waals surface area contributed by atoms with E-state index in [0.717, 1.165) is 36.2 Å². The number of nitrogens with one attached hydrogen (secondary N) is 2. The fourth-order valence-corrected chi connectivity index (χ4v) is 3.55. The van der Waals surface area contributed by atoms with Crippen molar-refractivity contribution in [1.82, 2.24) is 5.32 Å². The van der Waals surface area contributed by atoms with Gasteiger partial charge in [0, 0.05) is 30.6 Å². The summed E-state index contributed by atoms with van der Waals surface area (Å²) in [6.45, 7) is 3.63. The van der Waals surface area contributed by atoms with Crippen molar-refractivity contribution in [3.05, 3.63) is 64.7 Å². The van der Waals surface area contributed by atoms with Crippen LogP contribution in [-0.4, -0.2) is 18.2 Å². The lowest BCUT2D eigenvalue weighted by Crippen LogP contribution is -2.17. The number of benzene rings is 2. The molecule has 0 atom stereocenters. The molecule has 2 aromatic carbocycles. The molecule has 142 valence electrons. The van der Waals surface area contributed by atoms with Gasteiger partial charge in [0.2, 0.25) is 5.91 Å². The number of ketones is 1. The molecule has 3 rings (SSSR count). The first kappa shape index (κ1) is 19.3. The Bertz CT molecular complexity index is 814. The average Bonchev–Trinajstić information content (AvgIpc) is 2.71. The van der Waals surface area contributed by atoms with E-state index in [-0.39, 0.29) is 24.5 Å².